The highest BCUT2D eigenvalue weighted by Crippen LogP contribution is 2.32. The molecule has 1 unspecified atom stereocenters. The van der Waals surface area contributed by atoms with E-state index in [-0.39, 0.29) is 36.1 Å². The van der Waals surface area contributed by atoms with Crippen molar-refractivity contribution in [1.82, 2.24) is 20.0 Å². The number of imide groups is 1. The van der Waals surface area contributed by atoms with Crippen LogP contribution in [0.3, 0.4) is 0 Å². The second-order valence-corrected chi connectivity index (χ2v) is 9.82. The number of carbonyl (C=O) groups is 3. The molecule has 3 aliphatic rings. The molecule has 0 radical (unpaired) electrons. The SMILES string of the molecule is CC(C)CN1CCC2(CC1)NC(=O)N(C1CCCN(C(=O)Cc3cccc(F)c3)C1)C2=O. The van der Waals surface area contributed by atoms with Gasteiger partial charge in [-0.3, -0.25) is 14.5 Å². The fraction of sp³-hybridized carbons (Fsp3) is 0.625. The second kappa shape index (κ2) is 9.17. The van der Waals surface area contributed by atoms with Crippen LogP contribution in [0, 0.1) is 11.7 Å². The monoisotopic (exact) mass is 444 g/mol. The summed E-state index contributed by atoms with van der Waals surface area (Å²) in [6, 6.07) is 5.39. The van der Waals surface area contributed by atoms with Crippen molar-refractivity contribution in [3.8, 4) is 0 Å². The lowest BCUT2D eigenvalue weighted by atomic mass is 9.86. The highest BCUT2D eigenvalue weighted by atomic mass is 19.1. The third-order valence-electron chi connectivity index (χ3n) is 6.88. The first-order chi connectivity index (χ1) is 15.3. The Hall–Kier alpha value is -2.48. The van der Waals surface area contributed by atoms with Crippen molar-refractivity contribution in [1.29, 1.82) is 0 Å². The zero-order chi connectivity index (χ0) is 22.9. The summed E-state index contributed by atoms with van der Waals surface area (Å²) in [5.74, 6) is -0.0522. The number of urea groups is 1. The number of likely N-dealkylation sites (tertiary alicyclic amines) is 2. The van der Waals surface area contributed by atoms with Crippen LogP contribution in [0.25, 0.3) is 0 Å². The van der Waals surface area contributed by atoms with Crippen LogP contribution in [-0.2, 0) is 16.0 Å². The van der Waals surface area contributed by atoms with E-state index in [9.17, 15) is 18.8 Å². The molecule has 174 valence electrons. The molecule has 1 aromatic rings. The van der Waals surface area contributed by atoms with Crippen LogP contribution >= 0.6 is 0 Å². The lowest BCUT2D eigenvalue weighted by Crippen LogP contribution is -2.56. The second-order valence-electron chi connectivity index (χ2n) is 9.82. The van der Waals surface area contributed by atoms with Crippen LogP contribution < -0.4 is 5.32 Å². The Bertz CT molecular complexity index is 882. The van der Waals surface area contributed by atoms with Gasteiger partial charge in [0.05, 0.1) is 12.5 Å². The maximum atomic E-state index is 13.5. The van der Waals surface area contributed by atoms with E-state index in [4.69, 9.17) is 0 Å². The number of nitrogens with zero attached hydrogens (tertiary/aromatic N) is 3. The highest BCUT2D eigenvalue weighted by molar-refractivity contribution is 6.07. The van der Waals surface area contributed by atoms with Gasteiger partial charge in [-0.15, -0.1) is 0 Å². The van der Waals surface area contributed by atoms with E-state index in [1.807, 2.05) is 0 Å². The van der Waals surface area contributed by atoms with E-state index in [0.717, 1.165) is 26.1 Å². The lowest BCUT2D eigenvalue weighted by molar-refractivity contribution is -0.139. The molecule has 4 rings (SSSR count). The highest BCUT2D eigenvalue weighted by Gasteiger charge is 2.54. The summed E-state index contributed by atoms with van der Waals surface area (Å²) >= 11 is 0. The Morgan fingerprint density at radius 2 is 1.97 bits per heavy atom. The molecule has 8 heteroatoms. The van der Waals surface area contributed by atoms with Gasteiger partial charge in [0.15, 0.2) is 0 Å². The van der Waals surface area contributed by atoms with Gasteiger partial charge in [-0.25, -0.2) is 9.18 Å². The predicted molar refractivity (Wildman–Crippen MR) is 118 cm³/mol. The molecule has 3 fully saturated rings. The number of halogens is 1. The van der Waals surface area contributed by atoms with Gasteiger partial charge in [0.25, 0.3) is 5.91 Å². The van der Waals surface area contributed by atoms with Crippen LogP contribution in [0.15, 0.2) is 24.3 Å². The number of carbonyl (C=O) groups excluding carboxylic acids is 3. The summed E-state index contributed by atoms with van der Waals surface area (Å²) in [5, 5.41) is 3.00. The van der Waals surface area contributed by atoms with Gasteiger partial charge in [-0.1, -0.05) is 26.0 Å². The minimum Gasteiger partial charge on any atom is -0.340 e. The largest absolute Gasteiger partial charge is 0.340 e. The number of hydrogen-bond acceptors (Lipinski definition) is 4. The third-order valence-corrected chi connectivity index (χ3v) is 6.88. The molecular formula is C24H33FN4O3. The summed E-state index contributed by atoms with van der Waals surface area (Å²) in [6.07, 6.45) is 2.77. The molecule has 4 amide bonds. The van der Waals surface area contributed by atoms with Crippen molar-refractivity contribution in [2.24, 2.45) is 5.92 Å². The first-order valence-electron chi connectivity index (χ1n) is 11.7. The van der Waals surface area contributed by atoms with Gasteiger partial charge in [-0.05, 0) is 49.3 Å². The molecule has 1 atom stereocenters. The fourth-order valence-electron chi connectivity index (χ4n) is 5.27. The first-order valence-corrected chi connectivity index (χ1v) is 11.7. The number of hydrogen-bond donors (Lipinski definition) is 1. The number of rotatable bonds is 5. The third kappa shape index (κ3) is 4.65. The van der Waals surface area contributed by atoms with Gasteiger partial charge < -0.3 is 15.1 Å². The number of amides is 4. The van der Waals surface area contributed by atoms with E-state index in [0.29, 0.717) is 43.8 Å². The van der Waals surface area contributed by atoms with Crippen LogP contribution in [-0.4, -0.2) is 76.8 Å². The standard InChI is InChI=1S/C24H33FN4O3/c1-17(2)15-27-11-8-24(9-12-27)22(31)29(23(32)26-24)20-7-4-10-28(16-20)21(30)14-18-5-3-6-19(25)13-18/h3,5-6,13,17,20H,4,7-12,14-16H2,1-2H3,(H,26,32). The van der Waals surface area contributed by atoms with Crippen molar-refractivity contribution in [3.63, 3.8) is 0 Å². The summed E-state index contributed by atoms with van der Waals surface area (Å²) < 4.78 is 13.5. The molecule has 32 heavy (non-hydrogen) atoms. The van der Waals surface area contributed by atoms with Crippen LogP contribution in [0.5, 0.6) is 0 Å². The quantitative estimate of drug-likeness (QED) is 0.708. The predicted octanol–water partition coefficient (Wildman–Crippen LogP) is 2.40. The van der Waals surface area contributed by atoms with Gasteiger partial charge in [-0.2, -0.15) is 0 Å². The molecule has 1 spiro atoms. The van der Waals surface area contributed by atoms with Crippen molar-refractivity contribution in [2.75, 3.05) is 32.7 Å². The Morgan fingerprint density at radius 3 is 2.66 bits per heavy atom. The average Bonchev–Trinajstić information content (AvgIpc) is 2.99. The minimum atomic E-state index is -0.807. The first kappa shape index (κ1) is 22.7. The van der Waals surface area contributed by atoms with Crippen LogP contribution in [0.2, 0.25) is 0 Å². The Labute approximate surface area is 188 Å². The van der Waals surface area contributed by atoms with Crippen LogP contribution in [0.4, 0.5) is 9.18 Å². The van der Waals surface area contributed by atoms with E-state index in [1.54, 1.807) is 17.0 Å². The van der Waals surface area contributed by atoms with Gasteiger partial charge >= 0.3 is 6.03 Å². The minimum absolute atomic E-state index is 0.107. The molecule has 3 aliphatic heterocycles. The van der Waals surface area contributed by atoms with Crippen molar-refractivity contribution >= 4 is 17.8 Å². The normalized spacial score (nSPS) is 23.8. The summed E-state index contributed by atoms with van der Waals surface area (Å²) in [5.41, 5.74) is -0.183. The zero-order valence-electron chi connectivity index (χ0n) is 19.0. The molecular weight excluding hydrogens is 411 g/mol. The van der Waals surface area contributed by atoms with Crippen LogP contribution in [0.1, 0.15) is 45.1 Å². The summed E-state index contributed by atoms with van der Waals surface area (Å²) in [7, 11) is 0. The topological polar surface area (TPSA) is 73.0 Å². The molecule has 3 saturated heterocycles. The number of piperidine rings is 2. The molecule has 3 heterocycles. The molecule has 0 aliphatic carbocycles. The van der Waals surface area contributed by atoms with Crippen molar-refractivity contribution in [2.45, 2.75) is 57.5 Å². The molecule has 1 N–H and O–H groups in total. The Balaban J connectivity index is 1.39. The smallest absolute Gasteiger partial charge is 0.325 e. The van der Waals surface area contributed by atoms with Crippen molar-refractivity contribution in [3.05, 3.63) is 35.6 Å². The maximum Gasteiger partial charge on any atom is 0.325 e. The lowest BCUT2D eigenvalue weighted by Gasteiger charge is -2.39. The fourth-order valence-corrected chi connectivity index (χ4v) is 5.27. The van der Waals surface area contributed by atoms with Crippen molar-refractivity contribution < 1.29 is 18.8 Å². The van der Waals surface area contributed by atoms with Gasteiger partial charge in [0.1, 0.15) is 11.4 Å². The molecule has 7 nitrogen and oxygen atoms in total. The number of nitrogens with one attached hydrogen (secondary N) is 1. The Kier molecular flexibility index (Phi) is 6.51. The Morgan fingerprint density at radius 1 is 1.22 bits per heavy atom. The van der Waals surface area contributed by atoms with E-state index in [1.165, 1.54) is 17.0 Å². The maximum absolute atomic E-state index is 13.5. The van der Waals surface area contributed by atoms with E-state index in [2.05, 4.69) is 24.1 Å². The molecule has 0 saturated carbocycles. The molecule has 0 bridgehead atoms. The molecule has 0 aromatic heterocycles. The summed E-state index contributed by atoms with van der Waals surface area (Å²) in [6.45, 7) is 7.86. The molecule has 1 aromatic carbocycles. The zero-order valence-corrected chi connectivity index (χ0v) is 19.0. The average molecular weight is 445 g/mol. The summed E-state index contributed by atoms with van der Waals surface area (Å²) in [4.78, 5) is 44.5. The van der Waals surface area contributed by atoms with Gasteiger partial charge in [0.2, 0.25) is 5.91 Å². The van der Waals surface area contributed by atoms with Gasteiger partial charge in [0, 0.05) is 32.7 Å². The number of benzene rings is 1. The van der Waals surface area contributed by atoms with E-state index < -0.39 is 5.54 Å². The van der Waals surface area contributed by atoms with E-state index >= 15 is 0 Å².